The zero-order valence-electron chi connectivity index (χ0n) is 20.0. The Hall–Kier alpha value is -1.75. The molecule has 6 aliphatic rings. The van der Waals surface area contributed by atoms with Crippen LogP contribution in [0.3, 0.4) is 0 Å². The van der Waals surface area contributed by atoms with E-state index in [9.17, 15) is 4.79 Å². The molecule has 0 unspecified atom stereocenters. The number of carbonyl (C=O) groups is 1. The second-order valence-electron chi connectivity index (χ2n) is 11.9. The molecule has 0 aromatic heterocycles. The van der Waals surface area contributed by atoms with Crippen molar-refractivity contribution in [3.05, 3.63) is 23.8 Å². The Balaban J connectivity index is 1.09. The largest absolute Gasteiger partial charge is 0.486 e. The Morgan fingerprint density at radius 2 is 1.67 bits per heavy atom. The SMILES string of the molecule is O=C(CC12CC3CC(CC(C3)C1)C2)N[C@H](CCc1ccc2c(c1)OCCO2)CN1CCCC1. The van der Waals surface area contributed by atoms with Crippen LogP contribution in [0.2, 0.25) is 0 Å². The molecule has 5 heteroatoms. The molecule has 1 atom stereocenters. The van der Waals surface area contributed by atoms with E-state index in [2.05, 4.69) is 22.3 Å². The predicted octanol–water partition coefficient (Wildman–Crippen LogP) is 4.58. The van der Waals surface area contributed by atoms with Gasteiger partial charge in [0.25, 0.3) is 0 Å². The second kappa shape index (κ2) is 9.13. The van der Waals surface area contributed by atoms with Crippen LogP contribution in [-0.2, 0) is 11.2 Å². The second-order valence-corrected chi connectivity index (χ2v) is 11.9. The summed E-state index contributed by atoms with van der Waals surface area (Å²) in [5.74, 6) is 4.73. The minimum absolute atomic E-state index is 0.220. The molecule has 4 aliphatic carbocycles. The number of amides is 1. The molecule has 4 bridgehead atoms. The van der Waals surface area contributed by atoms with Gasteiger partial charge in [0.1, 0.15) is 13.2 Å². The van der Waals surface area contributed by atoms with Gasteiger partial charge in [0.15, 0.2) is 11.5 Å². The lowest BCUT2D eigenvalue weighted by Gasteiger charge is -2.56. The van der Waals surface area contributed by atoms with Crippen molar-refractivity contribution in [1.29, 1.82) is 0 Å². The van der Waals surface area contributed by atoms with Crippen molar-refractivity contribution in [2.24, 2.45) is 23.2 Å². The van der Waals surface area contributed by atoms with E-state index in [-0.39, 0.29) is 6.04 Å². The maximum atomic E-state index is 13.3. The highest BCUT2D eigenvalue weighted by molar-refractivity contribution is 5.77. The first-order valence-electron chi connectivity index (χ1n) is 13.5. The first-order chi connectivity index (χ1) is 16.1. The number of rotatable bonds is 8. The Morgan fingerprint density at radius 1 is 1.00 bits per heavy atom. The van der Waals surface area contributed by atoms with Gasteiger partial charge >= 0.3 is 0 Å². The van der Waals surface area contributed by atoms with Gasteiger partial charge in [0.2, 0.25) is 5.91 Å². The molecular formula is C28H40N2O3. The normalized spacial score (nSPS) is 33.3. The van der Waals surface area contributed by atoms with Gasteiger partial charge in [-0.15, -0.1) is 0 Å². The summed E-state index contributed by atoms with van der Waals surface area (Å²) in [6, 6.07) is 6.53. The van der Waals surface area contributed by atoms with Crippen LogP contribution >= 0.6 is 0 Å². The third kappa shape index (κ3) is 4.89. The fraction of sp³-hybridized carbons (Fsp3) is 0.750. The lowest BCUT2D eigenvalue weighted by Crippen LogP contribution is -2.50. The van der Waals surface area contributed by atoms with Gasteiger partial charge in [0.05, 0.1) is 0 Å². The third-order valence-corrected chi connectivity index (χ3v) is 9.13. The van der Waals surface area contributed by atoms with E-state index in [1.165, 1.54) is 70.0 Å². The average Bonchev–Trinajstić information content (AvgIpc) is 3.29. The number of fused-ring (bicyclic) bond motifs is 1. The average molecular weight is 453 g/mol. The van der Waals surface area contributed by atoms with Gasteiger partial charge in [-0.2, -0.15) is 0 Å². The molecule has 0 spiro atoms. The summed E-state index contributed by atoms with van der Waals surface area (Å²) in [4.78, 5) is 15.9. The monoisotopic (exact) mass is 452 g/mol. The van der Waals surface area contributed by atoms with Gasteiger partial charge in [-0.1, -0.05) is 6.07 Å². The molecule has 0 radical (unpaired) electrons. The number of hydrogen-bond acceptors (Lipinski definition) is 4. The summed E-state index contributed by atoms with van der Waals surface area (Å²) in [5.41, 5.74) is 1.58. The molecule has 1 aromatic rings. The van der Waals surface area contributed by atoms with Crippen LogP contribution < -0.4 is 14.8 Å². The van der Waals surface area contributed by atoms with Crippen LogP contribution in [0.25, 0.3) is 0 Å². The molecule has 7 rings (SSSR count). The van der Waals surface area contributed by atoms with Crippen molar-refractivity contribution in [2.75, 3.05) is 32.8 Å². The van der Waals surface area contributed by atoms with E-state index < -0.39 is 0 Å². The molecule has 33 heavy (non-hydrogen) atoms. The maximum Gasteiger partial charge on any atom is 0.220 e. The number of carbonyl (C=O) groups excluding carboxylic acids is 1. The number of aryl methyl sites for hydroxylation is 1. The zero-order valence-corrected chi connectivity index (χ0v) is 20.0. The number of hydrogen-bond donors (Lipinski definition) is 1. The summed E-state index contributed by atoms with van der Waals surface area (Å²) >= 11 is 0. The van der Waals surface area contributed by atoms with Crippen LogP contribution in [-0.4, -0.2) is 49.7 Å². The molecule has 1 amide bonds. The third-order valence-electron chi connectivity index (χ3n) is 9.13. The molecule has 180 valence electrons. The fourth-order valence-corrected chi connectivity index (χ4v) is 8.20. The highest BCUT2D eigenvalue weighted by Crippen LogP contribution is 2.61. The van der Waals surface area contributed by atoms with Crippen LogP contribution in [0.1, 0.15) is 69.8 Å². The van der Waals surface area contributed by atoms with Crippen molar-refractivity contribution in [2.45, 2.75) is 76.7 Å². The molecule has 1 saturated heterocycles. The minimum atomic E-state index is 0.220. The summed E-state index contributed by atoms with van der Waals surface area (Å²) < 4.78 is 11.4. The molecule has 4 saturated carbocycles. The number of ether oxygens (including phenoxy) is 2. The minimum Gasteiger partial charge on any atom is -0.486 e. The van der Waals surface area contributed by atoms with E-state index in [1.807, 2.05) is 6.07 Å². The maximum absolute atomic E-state index is 13.3. The molecule has 5 nitrogen and oxygen atoms in total. The first-order valence-corrected chi connectivity index (χ1v) is 13.5. The summed E-state index contributed by atoms with van der Waals surface area (Å²) in [6.45, 7) is 4.57. The molecule has 5 fully saturated rings. The zero-order chi connectivity index (χ0) is 22.3. The number of nitrogens with one attached hydrogen (secondary N) is 1. The van der Waals surface area contributed by atoms with E-state index in [0.29, 0.717) is 24.5 Å². The van der Waals surface area contributed by atoms with E-state index >= 15 is 0 Å². The first kappa shape index (κ1) is 21.8. The highest BCUT2D eigenvalue weighted by Gasteiger charge is 2.51. The van der Waals surface area contributed by atoms with Crippen molar-refractivity contribution < 1.29 is 14.3 Å². The summed E-state index contributed by atoms with van der Waals surface area (Å²) in [7, 11) is 0. The Morgan fingerprint density at radius 3 is 2.36 bits per heavy atom. The standard InChI is InChI=1S/C28H40N2O3/c31-27(18-28-15-21-11-22(16-28)13-23(12-21)17-28)29-24(19-30-7-1-2-8-30)5-3-20-4-6-25-26(14-20)33-10-9-32-25/h4,6,14,21-24H,1-3,5,7-13,15-19H2,(H,29,31)/t21?,22?,23?,24-,28?/m1/s1. The van der Waals surface area contributed by atoms with Crippen molar-refractivity contribution in [3.63, 3.8) is 0 Å². The highest BCUT2D eigenvalue weighted by atomic mass is 16.6. The lowest BCUT2D eigenvalue weighted by atomic mass is 9.49. The van der Waals surface area contributed by atoms with Gasteiger partial charge in [-0.3, -0.25) is 4.79 Å². The van der Waals surface area contributed by atoms with Crippen molar-refractivity contribution in [1.82, 2.24) is 10.2 Å². The van der Waals surface area contributed by atoms with Crippen molar-refractivity contribution in [3.8, 4) is 11.5 Å². The Labute approximate surface area is 198 Å². The van der Waals surface area contributed by atoms with E-state index in [1.54, 1.807) is 0 Å². The number of nitrogens with zero attached hydrogens (tertiary/aromatic N) is 1. The van der Waals surface area contributed by atoms with Gasteiger partial charge in [-0.25, -0.2) is 0 Å². The number of likely N-dealkylation sites (tertiary alicyclic amines) is 1. The molecule has 2 aliphatic heterocycles. The molecule has 1 N–H and O–H groups in total. The topological polar surface area (TPSA) is 50.8 Å². The quantitative estimate of drug-likeness (QED) is 0.627. The Kier molecular flexibility index (Phi) is 6.02. The molecule has 2 heterocycles. The smallest absolute Gasteiger partial charge is 0.220 e. The van der Waals surface area contributed by atoms with E-state index in [4.69, 9.17) is 9.47 Å². The van der Waals surface area contributed by atoms with Crippen LogP contribution in [0.15, 0.2) is 18.2 Å². The van der Waals surface area contributed by atoms with Crippen molar-refractivity contribution >= 4 is 5.91 Å². The van der Waals surface area contributed by atoms with Gasteiger partial charge < -0.3 is 19.7 Å². The van der Waals surface area contributed by atoms with E-state index in [0.717, 1.165) is 55.1 Å². The fourth-order valence-electron chi connectivity index (χ4n) is 8.20. The molecule has 1 aromatic carbocycles. The number of benzene rings is 1. The molecular weight excluding hydrogens is 412 g/mol. The van der Waals surface area contributed by atoms with Gasteiger partial charge in [-0.05, 0) is 118 Å². The van der Waals surface area contributed by atoms with Gasteiger partial charge in [0, 0.05) is 19.0 Å². The van der Waals surface area contributed by atoms with Crippen LogP contribution in [0.5, 0.6) is 11.5 Å². The summed E-state index contributed by atoms with van der Waals surface area (Å²) in [6.07, 6.45) is 13.5. The van der Waals surface area contributed by atoms with Crippen LogP contribution in [0.4, 0.5) is 0 Å². The summed E-state index contributed by atoms with van der Waals surface area (Å²) in [5, 5.41) is 3.51. The predicted molar refractivity (Wildman–Crippen MR) is 129 cm³/mol. The Bertz CT molecular complexity index is 827. The lowest BCUT2D eigenvalue weighted by molar-refractivity contribution is -0.130. The van der Waals surface area contributed by atoms with Crippen LogP contribution in [0, 0.1) is 23.2 Å².